The summed E-state index contributed by atoms with van der Waals surface area (Å²) in [4.78, 5) is 15.3. The number of hydrogen-bond donors (Lipinski definition) is 1. The fourth-order valence-corrected chi connectivity index (χ4v) is 5.31. The maximum absolute atomic E-state index is 13.2. The third-order valence-electron chi connectivity index (χ3n) is 6.97. The first-order chi connectivity index (χ1) is 11.8. The molecule has 3 fully saturated rings. The van der Waals surface area contributed by atoms with Crippen molar-refractivity contribution in [2.45, 2.75) is 102 Å². The van der Waals surface area contributed by atoms with Crippen LogP contribution in [0.4, 0.5) is 0 Å². The van der Waals surface area contributed by atoms with Crippen molar-refractivity contribution in [3.05, 3.63) is 0 Å². The summed E-state index contributed by atoms with van der Waals surface area (Å²) in [5.74, 6) is 1.30. The van der Waals surface area contributed by atoms with Crippen molar-refractivity contribution in [2.24, 2.45) is 11.8 Å². The lowest BCUT2D eigenvalue weighted by Gasteiger charge is -2.38. The minimum absolute atomic E-state index is 0.279. The van der Waals surface area contributed by atoms with E-state index in [1.165, 1.54) is 83.5 Å². The van der Waals surface area contributed by atoms with Crippen molar-refractivity contribution in [1.82, 2.24) is 10.2 Å². The van der Waals surface area contributed by atoms with Crippen LogP contribution in [0, 0.1) is 11.8 Å². The van der Waals surface area contributed by atoms with Crippen LogP contribution in [0.15, 0.2) is 0 Å². The average molecular weight is 335 g/mol. The first-order valence-electron chi connectivity index (χ1n) is 10.8. The molecule has 138 valence electrons. The molecule has 0 saturated heterocycles. The Labute approximate surface area is 148 Å². The summed E-state index contributed by atoms with van der Waals surface area (Å²) in [6.45, 7) is 1.07. The van der Waals surface area contributed by atoms with E-state index in [1.807, 2.05) is 0 Å². The molecule has 0 aromatic carbocycles. The Kier molecular flexibility index (Phi) is 7.00. The summed E-state index contributed by atoms with van der Waals surface area (Å²) in [5.41, 5.74) is 0. The van der Waals surface area contributed by atoms with E-state index in [9.17, 15) is 4.79 Å². The predicted octanol–water partition coefficient (Wildman–Crippen LogP) is 4.51. The van der Waals surface area contributed by atoms with E-state index in [-0.39, 0.29) is 5.92 Å². The maximum atomic E-state index is 13.2. The van der Waals surface area contributed by atoms with Gasteiger partial charge in [-0.2, -0.15) is 0 Å². The fraction of sp³-hybridized carbons (Fsp3) is 0.952. The lowest BCUT2D eigenvalue weighted by molar-refractivity contribution is -0.140. The minimum Gasteiger partial charge on any atom is -0.343 e. The molecule has 0 aliphatic heterocycles. The van der Waals surface area contributed by atoms with Gasteiger partial charge in [0.2, 0.25) is 5.91 Å². The highest BCUT2D eigenvalue weighted by Gasteiger charge is 2.35. The third kappa shape index (κ3) is 4.74. The molecule has 3 saturated carbocycles. The highest BCUT2D eigenvalue weighted by molar-refractivity contribution is 5.79. The second-order valence-corrected chi connectivity index (χ2v) is 8.64. The van der Waals surface area contributed by atoms with Crippen molar-refractivity contribution in [1.29, 1.82) is 0 Å². The number of nitrogens with zero attached hydrogens (tertiary/aromatic N) is 1. The van der Waals surface area contributed by atoms with Gasteiger partial charge in [0.05, 0.1) is 0 Å². The largest absolute Gasteiger partial charge is 0.343 e. The van der Waals surface area contributed by atoms with Crippen molar-refractivity contribution < 1.29 is 4.79 Å². The summed E-state index contributed by atoms with van der Waals surface area (Å²) in [7, 11) is 2.08. The molecule has 0 heterocycles. The number of rotatable bonds is 5. The summed E-state index contributed by atoms with van der Waals surface area (Å²) < 4.78 is 0. The number of carbonyl (C=O) groups is 1. The maximum Gasteiger partial charge on any atom is 0.225 e. The SMILES string of the molecule is CN(C(=O)C1CCCCC1CNC1CCCCC1)C1CCCCC1. The zero-order valence-electron chi connectivity index (χ0n) is 15.8. The van der Waals surface area contributed by atoms with E-state index < -0.39 is 0 Å². The standard InChI is InChI=1S/C21H38N2O/c1-23(19-13-6-3-7-14-19)21(24)20-15-9-8-10-17(20)16-22-18-11-4-2-5-12-18/h17-20,22H,2-16H2,1H3. The van der Waals surface area contributed by atoms with Crippen LogP contribution in [0.3, 0.4) is 0 Å². The van der Waals surface area contributed by atoms with Crippen LogP contribution in [0.25, 0.3) is 0 Å². The predicted molar refractivity (Wildman–Crippen MR) is 100.0 cm³/mol. The van der Waals surface area contributed by atoms with Gasteiger partial charge in [0.25, 0.3) is 0 Å². The number of hydrogen-bond acceptors (Lipinski definition) is 2. The van der Waals surface area contributed by atoms with Crippen molar-refractivity contribution in [2.75, 3.05) is 13.6 Å². The lowest BCUT2D eigenvalue weighted by Crippen LogP contribution is -2.47. The number of amides is 1. The van der Waals surface area contributed by atoms with Gasteiger partial charge in [0.1, 0.15) is 0 Å². The smallest absolute Gasteiger partial charge is 0.225 e. The van der Waals surface area contributed by atoms with Gasteiger partial charge in [-0.15, -0.1) is 0 Å². The van der Waals surface area contributed by atoms with Crippen LogP contribution < -0.4 is 5.32 Å². The molecule has 0 aromatic heterocycles. The first-order valence-corrected chi connectivity index (χ1v) is 10.8. The second-order valence-electron chi connectivity index (χ2n) is 8.64. The van der Waals surface area contributed by atoms with Gasteiger partial charge in [0, 0.05) is 25.0 Å². The molecule has 24 heavy (non-hydrogen) atoms. The molecule has 3 nitrogen and oxygen atoms in total. The Morgan fingerprint density at radius 2 is 1.42 bits per heavy atom. The molecule has 1 N–H and O–H groups in total. The Balaban J connectivity index is 1.53. The van der Waals surface area contributed by atoms with Gasteiger partial charge >= 0.3 is 0 Å². The minimum atomic E-state index is 0.279. The molecule has 1 amide bonds. The Bertz CT molecular complexity index is 385. The first kappa shape index (κ1) is 18.2. The van der Waals surface area contributed by atoms with Crippen LogP contribution in [0.5, 0.6) is 0 Å². The zero-order chi connectivity index (χ0) is 16.8. The van der Waals surface area contributed by atoms with E-state index in [1.54, 1.807) is 0 Å². The van der Waals surface area contributed by atoms with Gasteiger partial charge < -0.3 is 10.2 Å². The summed E-state index contributed by atoms with van der Waals surface area (Å²) in [5, 5.41) is 3.82. The van der Waals surface area contributed by atoms with Crippen molar-refractivity contribution >= 4 is 5.91 Å². The number of nitrogens with one attached hydrogen (secondary N) is 1. The lowest BCUT2D eigenvalue weighted by atomic mass is 9.77. The second kappa shape index (κ2) is 9.22. The molecular weight excluding hydrogens is 296 g/mol. The molecule has 3 aliphatic carbocycles. The monoisotopic (exact) mass is 334 g/mol. The average Bonchev–Trinajstić information content (AvgIpc) is 2.67. The molecule has 3 rings (SSSR count). The van der Waals surface area contributed by atoms with Crippen LogP contribution in [0.1, 0.15) is 89.9 Å². The van der Waals surface area contributed by atoms with Crippen molar-refractivity contribution in [3.63, 3.8) is 0 Å². The zero-order valence-corrected chi connectivity index (χ0v) is 15.8. The molecule has 0 bridgehead atoms. The van der Waals surface area contributed by atoms with E-state index in [4.69, 9.17) is 0 Å². The van der Waals surface area contributed by atoms with E-state index in [2.05, 4.69) is 17.3 Å². The van der Waals surface area contributed by atoms with Gasteiger partial charge in [-0.3, -0.25) is 4.79 Å². The van der Waals surface area contributed by atoms with E-state index in [0.29, 0.717) is 23.9 Å². The van der Waals surface area contributed by atoms with E-state index in [0.717, 1.165) is 13.0 Å². The van der Waals surface area contributed by atoms with Crippen LogP contribution >= 0.6 is 0 Å². The van der Waals surface area contributed by atoms with Gasteiger partial charge in [0.15, 0.2) is 0 Å². The summed E-state index contributed by atoms with van der Waals surface area (Å²) >= 11 is 0. The summed E-state index contributed by atoms with van der Waals surface area (Å²) in [6, 6.07) is 1.23. The molecule has 0 spiro atoms. The normalized spacial score (nSPS) is 30.2. The quantitative estimate of drug-likeness (QED) is 0.802. The van der Waals surface area contributed by atoms with Gasteiger partial charge in [-0.1, -0.05) is 51.4 Å². The molecule has 0 aromatic rings. The highest BCUT2D eigenvalue weighted by atomic mass is 16.2. The van der Waals surface area contributed by atoms with Gasteiger partial charge in [-0.25, -0.2) is 0 Å². The van der Waals surface area contributed by atoms with Crippen LogP contribution in [0.2, 0.25) is 0 Å². The summed E-state index contributed by atoms with van der Waals surface area (Å²) in [6.07, 6.45) is 18.2. The van der Waals surface area contributed by atoms with Crippen LogP contribution in [-0.2, 0) is 4.79 Å². The fourth-order valence-electron chi connectivity index (χ4n) is 5.31. The molecule has 3 heteroatoms. The third-order valence-corrected chi connectivity index (χ3v) is 6.97. The Hall–Kier alpha value is -0.570. The molecule has 2 atom stereocenters. The van der Waals surface area contributed by atoms with Gasteiger partial charge in [-0.05, 0) is 51.0 Å². The Morgan fingerprint density at radius 3 is 2.12 bits per heavy atom. The van der Waals surface area contributed by atoms with Crippen molar-refractivity contribution in [3.8, 4) is 0 Å². The molecule has 3 aliphatic rings. The molecule has 2 unspecified atom stereocenters. The number of carbonyl (C=O) groups excluding carboxylic acids is 1. The van der Waals surface area contributed by atoms with E-state index >= 15 is 0 Å². The topological polar surface area (TPSA) is 32.3 Å². The highest BCUT2D eigenvalue weighted by Crippen LogP contribution is 2.33. The van der Waals surface area contributed by atoms with Crippen LogP contribution in [-0.4, -0.2) is 36.5 Å². The molecule has 0 radical (unpaired) electrons. The Morgan fingerprint density at radius 1 is 0.833 bits per heavy atom. The molecular formula is C21H38N2O.